The summed E-state index contributed by atoms with van der Waals surface area (Å²) in [5.41, 5.74) is 8.57. The highest BCUT2D eigenvalue weighted by atomic mass is 16.3. The number of oxazole rings is 1. The molecule has 0 N–H and O–H groups in total. The minimum absolute atomic E-state index is 0.797. The maximum atomic E-state index is 5.53. The predicted octanol–water partition coefficient (Wildman–Crippen LogP) is 7.33. The van der Waals surface area contributed by atoms with E-state index < -0.39 is 0 Å². The first-order valence-corrected chi connectivity index (χ1v) is 9.64. The van der Waals surface area contributed by atoms with Crippen molar-refractivity contribution in [1.82, 2.24) is 4.98 Å². The van der Waals surface area contributed by atoms with E-state index in [0.717, 1.165) is 27.8 Å². The van der Waals surface area contributed by atoms with E-state index in [1.54, 1.807) is 0 Å². The molecule has 0 aliphatic carbocycles. The first-order chi connectivity index (χ1) is 14.4. The van der Waals surface area contributed by atoms with E-state index in [0.29, 0.717) is 0 Å². The molecule has 0 saturated carbocycles. The van der Waals surface area contributed by atoms with Gasteiger partial charge < -0.3 is 4.42 Å². The fourth-order valence-corrected chi connectivity index (χ4v) is 3.60. The molecule has 29 heavy (non-hydrogen) atoms. The van der Waals surface area contributed by atoms with Crippen molar-refractivity contribution in [2.24, 2.45) is 0 Å². The van der Waals surface area contributed by atoms with Crippen molar-refractivity contribution in [3.05, 3.63) is 115 Å². The summed E-state index contributed by atoms with van der Waals surface area (Å²) in [5, 5.41) is 0. The van der Waals surface area contributed by atoms with Gasteiger partial charge >= 0.3 is 0 Å². The number of para-hydroxylation sites is 1. The molecular formula is C27H19NO. The molecule has 5 aromatic rings. The van der Waals surface area contributed by atoms with Crippen LogP contribution < -0.4 is 0 Å². The van der Waals surface area contributed by atoms with Crippen LogP contribution in [0, 0.1) is 0 Å². The summed E-state index contributed by atoms with van der Waals surface area (Å²) in [4.78, 5) is 4.47. The number of fused-ring (bicyclic) bond motifs is 1. The van der Waals surface area contributed by atoms with Gasteiger partial charge in [-0.15, -0.1) is 0 Å². The Bertz CT molecular complexity index is 1280. The molecule has 138 valence electrons. The van der Waals surface area contributed by atoms with Crippen molar-refractivity contribution < 1.29 is 4.42 Å². The number of hydrogen-bond acceptors (Lipinski definition) is 2. The maximum absolute atomic E-state index is 5.53. The molecule has 0 unspecified atom stereocenters. The van der Waals surface area contributed by atoms with Gasteiger partial charge in [0.1, 0.15) is 5.52 Å². The number of hydrogen-bond donors (Lipinski definition) is 0. The van der Waals surface area contributed by atoms with E-state index in [9.17, 15) is 0 Å². The summed E-state index contributed by atoms with van der Waals surface area (Å²) in [5.74, 6) is 0. The van der Waals surface area contributed by atoms with E-state index >= 15 is 0 Å². The van der Waals surface area contributed by atoms with Crippen molar-refractivity contribution >= 4 is 23.3 Å². The summed E-state index contributed by atoms with van der Waals surface area (Å²) in [6.45, 7) is 0. The van der Waals surface area contributed by atoms with E-state index in [-0.39, 0.29) is 0 Å². The van der Waals surface area contributed by atoms with Crippen LogP contribution in [0.1, 0.15) is 11.1 Å². The Labute approximate surface area is 169 Å². The van der Waals surface area contributed by atoms with Gasteiger partial charge in [-0.3, -0.25) is 0 Å². The SMILES string of the molecule is C(=Cc1ccc(-c2ccccc2)cc1-c1cccc2ocnc12)c1ccccc1. The Morgan fingerprint density at radius 2 is 1.41 bits per heavy atom. The highest BCUT2D eigenvalue weighted by Crippen LogP contribution is 2.34. The third-order valence-electron chi connectivity index (χ3n) is 5.07. The van der Waals surface area contributed by atoms with Gasteiger partial charge in [0.05, 0.1) is 0 Å². The van der Waals surface area contributed by atoms with Crippen molar-refractivity contribution in [2.45, 2.75) is 0 Å². The molecule has 0 amide bonds. The number of aromatic nitrogens is 1. The second-order valence-electron chi connectivity index (χ2n) is 6.92. The van der Waals surface area contributed by atoms with Gasteiger partial charge in [-0.05, 0) is 39.9 Å². The molecule has 5 rings (SSSR count). The van der Waals surface area contributed by atoms with Gasteiger partial charge in [0.2, 0.25) is 0 Å². The third kappa shape index (κ3) is 3.48. The normalized spacial score (nSPS) is 11.3. The molecule has 0 bridgehead atoms. The number of benzene rings is 4. The third-order valence-corrected chi connectivity index (χ3v) is 5.07. The van der Waals surface area contributed by atoms with Crippen molar-refractivity contribution in [1.29, 1.82) is 0 Å². The number of rotatable bonds is 4. The lowest BCUT2D eigenvalue weighted by molar-refractivity contribution is 0.602. The minimum Gasteiger partial charge on any atom is -0.443 e. The highest BCUT2D eigenvalue weighted by molar-refractivity contribution is 5.95. The molecule has 0 aliphatic rings. The summed E-state index contributed by atoms with van der Waals surface area (Å²) in [7, 11) is 0. The Morgan fingerprint density at radius 1 is 0.621 bits per heavy atom. The molecular weight excluding hydrogens is 354 g/mol. The average molecular weight is 373 g/mol. The molecule has 2 heteroatoms. The van der Waals surface area contributed by atoms with Crippen LogP contribution in [-0.4, -0.2) is 4.98 Å². The quantitative estimate of drug-likeness (QED) is 0.308. The van der Waals surface area contributed by atoms with Crippen LogP contribution in [0.5, 0.6) is 0 Å². The average Bonchev–Trinajstić information content (AvgIpc) is 3.28. The first-order valence-electron chi connectivity index (χ1n) is 9.64. The molecule has 1 heterocycles. The summed E-state index contributed by atoms with van der Waals surface area (Å²) < 4.78 is 5.53. The second kappa shape index (κ2) is 7.61. The first kappa shape index (κ1) is 17.2. The zero-order chi connectivity index (χ0) is 19.5. The van der Waals surface area contributed by atoms with Crippen LogP contribution in [0.15, 0.2) is 108 Å². The van der Waals surface area contributed by atoms with Crippen LogP contribution in [0.3, 0.4) is 0 Å². The molecule has 0 radical (unpaired) electrons. The van der Waals surface area contributed by atoms with E-state index in [1.165, 1.54) is 23.1 Å². The molecule has 2 nitrogen and oxygen atoms in total. The Hall–Kier alpha value is -3.91. The standard InChI is InChI=1S/C27H19NO/c1-3-8-20(9-4-1)14-15-22-16-17-23(21-10-5-2-6-11-21)18-25(22)24-12-7-13-26-27(24)28-19-29-26/h1-19H. The number of nitrogens with zero attached hydrogens (tertiary/aromatic N) is 1. The predicted molar refractivity (Wildman–Crippen MR) is 120 cm³/mol. The molecule has 0 saturated heterocycles. The van der Waals surface area contributed by atoms with Gasteiger partial charge in [0.25, 0.3) is 0 Å². The van der Waals surface area contributed by atoms with E-state index in [1.807, 2.05) is 24.3 Å². The van der Waals surface area contributed by atoms with Crippen LogP contribution >= 0.6 is 0 Å². The lowest BCUT2D eigenvalue weighted by Crippen LogP contribution is -1.88. The lowest BCUT2D eigenvalue weighted by atomic mass is 9.93. The fraction of sp³-hybridized carbons (Fsp3) is 0. The summed E-state index contributed by atoms with van der Waals surface area (Å²) in [6, 6.07) is 33.4. The molecule has 0 spiro atoms. The highest BCUT2D eigenvalue weighted by Gasteiger charge is 2.12. The Morgan fingerprint density at radius 3 is 2.24 bits per heavy atom. The van der Waals surface area contributed by atoms with E-state index in [4.69, 9.17) is 4.42 Å². The van der Waals surface area contributed by atoms with Crippen molar-refractivity contribution in [3.63, 3.8) is 0 Å². The lowest BCUT2D eigenvalue weighted by Gasteiger charge is -2.11. The van der Waals surface area contributed by atoms with Crippen molar-refractivity contribution in [2.75, 3.05) is 0 Å². The van der Waals surface area contributed by atoms with Gasteiger partial charge in [0.15, 0.2) is 12.0 Å². The maximum Gasteiger partial charge on any atom is 0.182 e. The molecule has 0 aliphatic heterocycles. The van der Waals surface area contributed by atoms with E-state index in [2.05, 4.69) is 89.9 Å². The zero-order valence-corrected chi connectivity index (χ0v) is 15.8. The van der Waals surface area contributed by atoms with Gasteiger partial charge in [-0.1, -0.05) is 97.1 Å². The summed E-state index contributed by atoms with van der Waals surface area (Å²) in [6.07, 6.45) is 5.82. The van der Waals surface area contributed by atoms with Gasteiger partial charge in [0, 0.05) is 5.56 Å². The molecule has 1 aromatic heterocycles. The van der Waals surface area contributed by atoms with Crippen LogP contribution in [-0.2, 0) is 0 Å². The topological polar surface area (TPSA) is 26.0 Å². The Balaban J connectivity index is 1.68. The Kier molecular flexibility index (Phi) is 4.51. The van der Waals surface area contributed by atoms with Crippen LogP contribution in [0.2, 0.25) is 0 Å². The van der Waals surface area contributed by atoms with Gasteiger partial charge in [-0.2, -0.15) is 0 Å². The molecule has 0 fully saturated rings. The monoisotopic (exact) mass is 373 g/mol. The largest absolute Gasteiger partial charge is 0.443 e. The minimum atomic E-state index is 0.797. The van der Waals surface area contributed by atoms with Crippen LogP contribution in [0.4, 0.5) is 0 Å². The fourth-order valence-electron chi connectivity index (χ4n) is 3.60. The molecule has 4 aromatic carbocycles. The smallest absolute Gasteiger partial charge is 0.182 e. The second-order valence-corrected chi connectivity index (χ2v) is 6.92. The van der Waals surface area contributed by atoms with Gasteiger partial charge in [-0.25, -0.2) is 4.98 Å². The van der Waals surface area contributed by atoms with Crippen molar-refractivity contribution in [3.8, 4) is 22.3 Å². The zero-order valence-electron chi connectivity index (χ0n) is 15.8. The summed E-state index contributed by atoms with van der Waals surface area (Å²) >= 11 is 0. The van der Waals surface area contributed by atoms with Crippen LogP contribution in [0.25, 0.3) is 45.5 Å². The molecule has 0 atom stereocenters.